The van der Waals surface area contributed by atoms with Crippen LogP contribution in [0.2, 0.25) is 0 Å². The van der Waals surface area contributed by atoms with Crippen molar-refractivity contribution in [1.82, 2.24) is 0 Å². The minimum atomic E-state index is -0.628. The average Bonchev–Trinajstić information content (AvgIpc) is 2.66. The summed E-state index contributed by atoms with van der Waals surface area (Å²) < 4.78 is 22.2. The third-order valence-electron chi connectivity index (χ3n) is 3.54. The fourth-order valence-electron chi connectivity index (χ4n) is 2.30. The molecule has 0 N–H and O–H groups in total. The van der Waals surface area contributed by atoms with Gasteiger partial charge in [0, 0.05) is 24.3 Å². The van der Waals surface area contributed by atoms with Gasteiger partial charge in [0.05, 0.1) is 28.3 Å². The number of rotatable bonds is 9. The monoisotopic (exact) mass is 370 g/mol. The van der Waals surface area contributed by atoms with Crippen LogP contribution in [-0.2, 0) is 4.52 Å². The van der Waals surface area contributed by atoms with Crippen LogP contribution in [0, 0.1) is 0 Å². The van der Waals surface area contributed by atoms with Crippen LogP contribution in [-0.4, -0.2) is 51.6 Å². The Bertz CT molecular complexity index is 683. The molecule has 0 fully saturated rings. The van der Waals surface area contributed by atoms with Crippen molar-refractivity contribution in [1.29, 1.82) is 0 Å². The number of Topliss-reactive ketones (excluding diaryl/α,β-unsaturated/α-hetero) is 1. The van der Waals surface area contributed by atoms with Gasteiger partial charge in [-0.25, -0.2) is 0 Å². The molecule has 2 rings (SSSR count). The first kappa shape index (κ1) is 22.5. The quantitative estimate of drug-likeness (QED) is 0.386. The number of benzene rings is 2. The van der Waals surface area contributed by atoms with Crippen molar-refractivity contribution in [2.45, 2.75) is 20.0 Å². The Morgan fingerprint density at radius 2 is 1.65 bits per heavy atom. The SMILES string of the molecule is CCOPc1c(OC)cc(OC(C)C(=O)c2ccccc2)cc1OC.[LiH]. The van der Waals surface area contributed by atoms with Crippen molar-refractivity contribution in [2.75, 3.05) is 20.8 Å². The molecule has 0 saturated carbocycles. The summed E-state index contributed by atoms with van der Waals surface area (Å²) >= 11 is 0. The van der Waals surface area contributed by atoms with E-state index in [9.17, 15) is 4.79 Å². The van der Waals surface area contributed by atoms with Gasteiger partial charge in [0.1, 0.15) is 17.2 Å². The van der Waals surface area contributed by atoms with Gasteiger partial charge in [0.15, 0.2) is 6.10 Å². The Balaban J connectivity index is 0.00000338. The first-order valence-electron chi connectivity index (χ1n) is 8.00. The molecule has 0 saturated heterocycles. The summed E-state index contributed by atoms with van der Waals surface area (Å²) in [6.45, 7) is 4.26. The first-order valence-corrected chi connectivity index (χ1v) is 8.91. The summed E-state index contributed by atoms with van der Waals surface area (Å²) in [5.41, 5.74) is 0.614. The molecule has 0 amide bonds. The molecule has 0 aliphatic heterocycles. The van der Waals surface area contributed by atoms with Crippen LogP contribution < -0.4 is 19.5 Å². The third kappa shape index (κ3) is 5.76. The van der Waals surface area contributed by atoms with E-state index < -0.39 is 6.10 Å². The van der Waals surface area contributed by atoms with Crippen molar-refractivity contribution in [3.63, 3.8) is 0 Å². The normalized spacial score (nSPS) is 11.7. The van der Waals surface area contributed by atoms with Gasteiger partial charge in [0.2, 0.25) is 5.78 Å². The Labute approximate surface area is 168 Å². The second-order valence-electron chi connectivity index (χ2n) is 5.23. The predicted octanol–water partition coefficient (Wildman–Crippen LogP) is 2.96. The molecule has 5 nitrogen and oxygen atoms in total. The maximum atomic E-state index is 12.5. The molecule has 0 bridgehead atoms. The van der Waals surface area contributed by atoms with E-state index in [0.717, 1.165) is 5.30 Å². The van der Waals surface area contributed by atoms with Crippen LogP contribution in [0.15, 0.2) is 42.5 Å². The zero-order chi connectivity index (χ0) is 18.2. The second kappa shape index (κ2) is 11.3. The molecule has 136 valence electrons. The van der Waals surface area contributed by atoms with Gasteiger partial charge < -0.3 is 18.7 Å². The van der Waals surface area contributed by atoms with Crippen molar-refractivity contribution in [3.05, 3.63) is 48.0 Å². The summed E-state index contributed by atoms with van der Waals surface area (Å²) in [6.07, 6.45) is -0.628. The molecular weight excluding hydrogens is 346 g/mol. The summed E-state index contributed by atoms with van der Waals surface area (Å²) in [4.78, 5) is 12.5. The average molecular weight is 370 g/mol. The van der Waals surface area contributed by atoms with E-state index in [-0.39, 0.29) is 33.5 Å². The van der Waals surface area contributed by atoms with Crippen LogP contribution in [0.25, 0.3) is 0 Å². The van der Waals surface area contributed by atoms with E-state index in [1.54, 1.807) is 45.4 Å². The zero-order valence-electron chi connectivity index (χ0n) is 14.9. The molecule has 2 unspecified atom stereocenters. The number of carbonyl (C=O) groups is 1. The molecule has 0 radical (unpaired) electrons. The number of hydrogen-bond donors (Lipinski definition) is 0. The standard InChI is InChI=1S/C19H23O5P.Li.H/c1-5-23-25-19-16(21-3)11-15(12-17(19)22-4)24-13(2)18(20)14-9-7-6-8-10-14;;/h6-13,25H,5H2,1-4H3;;. The molecule has 0 aliphatic carbocycles. The maximum absolute atomic E-state index is 12.5. The van der Waals surface area contributed by atoms with Crippen LogP contribution in [0.3, 0.4) is 0 Å². The third-order valence-corrected chi connectivity index (χ3v) is 4.67. The van der Waals surface area contributed by atoms with Gasteiger partial charge in [-0.1, -0.05) is 30.3 Å². The summed E-state index contributed by atoms with van der Waals surface area (Å²) in [5, 5.41) is 0.834. The Morgan fingerprint density at radius 3 is 2.15 bits per heavy atom. The number of ether oxygens (including phenoxy) is 3. The molecule has 0 spiro atoms. The topological polar surface area (TPSA) is 54.0 Å². The summed E-state index contributed by atoms with van der Waals surface area (Å²) in [5.74, 6) is 1.65. The van der Waals surface area contributed by atoms with Crippen molar-refractivity contribution < 1.29 is 23.5 Å². The van der Waals surface area contributed by atoms with Gasteiger partial charge in [-0.15, -0.1) is 0 Å². The van der Waals surface area contributed by atoms with Crippen molar-refractivity contribution >= 4 is 38.8 Å². The van der Waals surface area contributed by atoms with Crippen molar-refractivity contribution in [2.24, 2.45) is 0 Å². The van der Waals surface area contributed by atoms with Crippen LogP contribution in [0.5, 0.6) is 17.2 Å². The van der Waals surface area contributed by atoms with E-state index in [1.165, 1.54) is 0 Å². The van der Waals surface area contributed by atoms with Crippen LogP contribution >= 0.6 is 8.81 Å². The molecule has 0 aromatic heterocycles. The van der Waals surface area contributed by atoms with E-state index in [4.69, 9.17) is 18.7 Å². The summed E-state index contributed by atoms with van der Waals surface area (Å²) in [6, 6.07) is 12.6. The van der Waals surface area contributed by atoms with E-state index in [0.29, 0.717) is 29.4 Å². The predicted molar refractivity (Wildman–Crippen MR) is 107 cm³/mol. The fraction of sp³-hybridized carbons (Fsp3) is 0.316. The molecule has 7 heteroatoms. The number of hydrogen-bond acceptors (Lipinski definition) is 5. The molecule has 0 heterocycles. The fourth-order valence-corrected chi connectivity index (χ4v) is 3.13. The second-order valence-corrected chi connectivity index (χ2v) is 6.22. The Morgan fingerprint density at radius 1 is 1.08 bits per heavy atom. The molecular formula is C19H24LiO5P. The van der Waals surface area contributed by atoms with Crippen molar-refractivity contribution in [3.8, 4) is 17.2 Å². The zero-order valence-corrected chi connectivity index (χ0v) is 15.9. The van der Waals surface area contributed by atoms with Crippen LogP contribution in [0.1, 0.15) is 24.2 Å². The van der Waals surface area contributed by atoms with E-state index >= 15 is 0 Å². The summed E-state index contributed by atoms with van der Waals surface area (Å²) in [7, 11) is 3.27. The molecule has 0 aliphatic rings. The van der Waals surface area contributed by atoms with E-state index in [2.05, 4.69) is 0 Å². The molecule has 2 aromatic rings. The number of methoxy groups -OCH3 is 2. The Hall–Kier alpha value is -1.50. The number of carbonyl (C=O) groups excluding carboxylic acids is 1. The van der Waals surface area contributed by atoms with Crippen LogP contribution in [0.4, 0.5) is 0 Å². The first-order chi connectivity index (χ1) is 12.1. The van der Waals surface area contributed by atoms with Gasteiger partial charge in [-0.3, -0.25) is 4.79 Å². The minimum absolute atomic E-state index is 0. The van der Waals surface area contributed by atoms with Gasteiger partial charge in [-0.2, -0.15) is 0 Å². The van der Waals surface area contributed by atoms with E-state index in [1.807, 2.05) is 25.1 Å². The molecule has 2 atom stereocenters. The van der Waals surface area contributed by atoms with Gasteiger partial charge in [-0.05, 0) is 13.8 Å². The van der Waals surface area contributed by atoms with Gasteiger partial charge in [0.25, 0.3) is 0 Å². The molecule has 26 heavy (non-hydrogen) atoms. The molecule has 2 aromatic carbocycles. The number of ketones is 1. The van der Waals surface area contributed by atoms with Gasteiger partial charge >= 0.3 is 18.9 Å². The Kier molecular flexibility index (Phi) is 9.76.